The van der Waals surface area contributed by atoms with E-state index < -0.39 is 23.7 Å². The number of carbonyl (C=O) groups is 3. The summed E-state index contributed by atoms with van der Waals surface area (Å²) in [4.78, 5) is 45.1. The Hall–Kier alpha value is -3.33. The molecule has 1 atom stereocenters. The Morgan fingerprint density at radius 2 is 1.94 bits per heavy atom. The van der Waals surface area contributed by atoms with Crippen molar-refractivity contribution in [3.05, 3.63) is 52.2 Å². The van der Waals surface area contributed by atoms with Crippen LogP contribution in [0.3, 0.4) is 0 Å². The molecule has 2 aromatic heterocycles. The lowest BCUT2D eigenvalue weighted by Gasteiger charge is -2.25. The number of nitrogens with zero attached hydrogens (tertiary/aromatic N) is 2. The summed E-state index contributed by atoms with van der Waals surface area (Å²) in [6, 6.07) is 2.51. The average Bonchev–Trinajstić information content (AvgIpc) is 3.50. The molecule has 9 nitrogen and oxygen atoms in total. The van der Waals surface area contributed by atoms with E-state index in [-0.39, 0.29) is 23.6 Å². The summed E-state index contributed by atoms with van der Waals surface area (Å²) in [5.74, 6) is -1.96. The summed E-state index contributed by atoms with van der Waals surface area (Å²) >= 11 is 0. The largest absolute Gasteiger partial charge is 0.507 e. The van der Waals surface area contributed by atoms with Crippen LogP contribution in [0.5, 0.6) is 0 Å². The molecule has 184 valence electrons. The van der Waals surface area contributed by atoms with Gasteiger partial charge in [0.1, 0.15) is 23.3 Å². The van der Waals surface area contributed by atoms with Gasteiger partial charge in [-0.25, -0.2) is 4.79 Å². The van der Waals surface area contributed by atoms with Gasteiger partial charge >= 0.3 is 5.97 Å². The van der Waals surface area contributed by atoms with Crippen molar-refractivity contribution in [1.29, 1.82) is 0 Å². The van der Waals surface area contributed by atoms with E-state index >= 15 is 0 Å². The first-order chi connectivity index (χ1) is 16.3. The van der Waals surface area contributed by atoms with E-state index in [0.29, 0.717) is 35.5 Å². The maximum atomic E-state index is 13.1. The number of aliphatic hydroxyl groups is 1. The standard InChI is InChI=1S/C25H33N3O6/c1-6-27(7-2)12-10-13-28-21(17-11-9-14-34-17)19(23(30)24(28)31)22(29)18-15(4)20(26-16(18)5)25(32)33-8-3/h9,11,14,21,26,29H,6-8,10,12-13H2,1-5H3/t21-/m1/s1. The molecule has 2 N–H and O–H groups in total. The molecule has 1 amide bonds. The minimum absolute atomic E-state index is 0.0524. The van der Waals surface area contributed by atoms with Gasteiger partial charge in [-0.1, -0.05) is 13.8 Å². The Morgan fingerprint density at radius 3 is 2.53 bits per heavy atom. The first-order valence-corrected chi connectivity index (χ1v) is 11.7. The van der Waals surface area contributed by atoms with Crippen molar-refractivity contribution >= 4 is 23.4 Å². The highest BCUT2D eigenvalue weighted by atomic mass is 16.5. The normalized spacial score (nSPS) is 17.7. The molecule has 1 saturated heterocycles. The lowest BCUT2D eigenvalue weighted by molar-refractivity contribution is -0.140. The van der Waals surface area contributed by atoms with E-state index in [0.717, 1.165) is 19.6 Å². The monoisotopic (exact) mass is 471 g/mol. The molecule has 0 saturated carbocycles. The summed E-state index contributed by atoms with van der Waals surface area (Å²) in [6.07, 6.45) is 2.14. The summed E-state index contributed by atoms with van der Waals surface area (Å²) in [6.45, 7) is 12.3. The zero-order valence-electron chi connectivity index (χ0n) is 20.4. The van der Waals surface area contributed by atoms with Crippen LogP contribution in [-0.2, 0) is 14.3 Å². The van der Waals surface area contributed by atoms with Crippen LogP contribution in [0, 0.1) is 13.8 Å². The smallest absolute Gasteiger partial charge is 0.355 e. The Labute approximate surface area is 199 Å². The zero-order chi connectivity index (χ0) is 25.0. The molecule has 0 aromatic carbocycles. The van der Waals surface area contributed by atoms with Gasteiger partial charge in [0.25, 0.3) is 11.7 Å². The van der Waals surface area contributed by atoms with Crippen LogP contribution in [0.2, 0.25) is 0 Å². The number of carbonyl (C=O) groups excluding carboxylic acids is 3. The van der Waals surface area contributed by atoms with Crippen LogP contribution in [-0.4, -0.2) is 70.3 Å². The lowest BCUT2D eigenvalue weighted by atomic mass is 9.97. The third kappa shape index (κ3) is 4.65. The van der Waals surface area contributed by atoms with Gasteiger partial charge in [-0.15, -0.1) is 0 Å². The van der Waals surface area contributed by atoms with Crippen molar-refractivity contribution in [2.75, 3.05) is 32.8 Å². The number of ketones is 1. The molecule has 1 fully saturated rings. The first kappa shape index (κ1) is 25.3. The SMILES string of the molecule is CCOC(=O)c1[nH]c(C)c(C(O)=C2C(=O)C(=O)N(CCCN(CC)CC)[C@@H]2c2ccco2)c1C. The van der Waals surface area contributed by atoms with Gasteiger partial charge in [-0.2, -0.15) is 0 Å². The minimum atomic E-state index is -0.855. The van der Waals surface area contributed by atoms with E-state index in [9.17, 15) is 19.5 Å². The third-order valence-electron chi connectivity index (χ3n) is 6.27. The number of ether oxygens (including phenoxy) is 1. The quantitative estimate of drug-likeness (QED) is 0.236. The molecule has 0 unspecified atom stereocenters. The highest BCUT2D eigenvalue weighted by Gasteiger charge is 2.47. The minimum Gasteiger partial charge on any atom is -0.507 e. The number of aliphatic hydroxyl groups excluding tert-OH is 1. The number of rotatable bonds is 10. The predicted molar refractivity (Wildman–Crippen MR) is 126 cm³/mol. The van der Waals surface area contributed by atoms with Crippen molar-refractivity contribution in [3.63, 3.8) is 0 Å². The Morgan fingerprint density at radius 1 is 1.24 bits per heavy atom. The van der Waals surface area contributed by atoms with Gasteiger partial charge in [0.15, 0.2) is 0 Å². The number of amides is 1. The van der Waals surface area contributed by atoms with E-state index in [2.05, 4.69) is 23.7 Å². The number of aromatic amines is 1. The number of hydrogen-bond acceptors (Lipinski definition) is 7. The summed E-state index contributed by atoms with van der Waals surface area (Å²) in [5.41, 5.74) is 1.39. The molecular formula is C25H33N3O6. The number of Topliss-reactive ketones (excluding diaryl/α,β-unsaturated/α-hetero) is 1. The second kappa shape index (κ2) is 10.7. The maximum Gasteiger partial charge on any atom is 0.355 e. The molecule has 1 aliphatic rings. The lowest BCUT2D eigenvalue weighted by Crippen LogP contribution is -2.33. The Bertz CT molecular complexity index is 1080. The van der Waals surface area contributed by atoms with Crippen LogP contribution in [0.25, 0.3) is 5.76 Å². The molecular weight excluding hydrogens is 438 g/mol. The summed E-state index contributed by atoms with van der Waals surface area (Å²) in [7, 11) is 0. The van der Waals surface area contributed by atoms with Gasteiger partial charge < -0.3 is 29.0 Å². The maximum absolute atomic E-state index is 13.1. The molecule has 3 rings (SSSR count). The number of esters is 1. The molecule has 34 heavy (non-hydrogen) atoms. The second-order valence-corrected chi connectivity index (χ2v) is 8.23. The van der Waals surface area contributed by atoms with Crippen LogP contribution < -0.4 is 0 Å². The number of aryl methyl sites for hydroxylation is 1. The van der Waals surface area contributed by atoms with Gasteiger partial charge in [0.2, 0.25) is 0 Å². The highest BCUT2D eigenvalue weighted by molar-refractivity contribution is 6.46. The molecule has 1 aliphatic heterocycles. The fourth-order valence-electron chi connectivity index (χ4n) is 4.51. The fourth-order valence-corrected chi connectivity index (χ4v) is 4.51. The zero-order valence-corrected chi connectivity index (χ0v) is 20.4. The van der Waals surface area contributed by atoms with E-state index in [1.807, 2.05) is 0 Å². The predicted octanol–water partition coefficient (Wildman–Crippen LogP) is 3.55. The molecule has 0 spiro atoms. The Balaban J connectivity index is 2.05. The molecule has 0 aliphatic carbocycles. The van der Waals surface area contributed by atoms with Gasteiger partial charge in [0, 0.05) is 17.8 Å². The van der Waals surface area contributed by atoms with Gasteiger partial charge in [-0.05, 0) is 64.5 Å². The van der Waals surface area contributed by atoms with E-state index in [4.69, 9.17) is 9.15 Å². The molecule has 2 aromatic rings. The average molecular weight is 472 g/mol. The molecule has 0 radical (unpaired) electrons. The van der Waals surface area contributed by atoms with E-state index in [1.165, 1.54) is 11.2 Å². The first-order valence-electron chi connectivity index (χ1n) is 11.7. The van der Waals surface area contributed by atoms with E-state index in [1.54, 1.807) is 32.9 Å². The van der Waals surface area contributed by atoms with Crippen molar-refractivity contribution in [1.82, 2.24) is 14.8 Å². The van der Waals surface area contributed by atoms with Gasteiger partial charge in [-0.3, -0.25) is 9.59 Å². The van der Waals surface area contributed by atoms with Crippen molar-refractivity contribution in [3.8, 4) is 0 Å². The second-order valence-electron chi connectivity index (χ2n) is 8.23. The highest BCUT2D eigenvalue weighted by Crippen LogP contribution is 2.41. The number of hydrogen-bond donors (Lipinski definition) is 2. The number of likely N-dealkylation sites (tertiary alicyclic amines) is 1. The molecule has 0 bridgehead atoms. The van der Waals surface area contributed by atoms with Crippen molar-refractivity contribution in [2.45, 2.75) is 47.1 Å². The number of aromatic nitrogens is 1. The molecule has 3 heterocycles. The van der Waals surface area contributed by atoms with Crippen LogP contribution in [0.1, 0.15) is 66.3 Å². The number of nitrogens with one attached hydrogen (secondary N) is 1. The Kier molecular flexibility index (Phi) is 7.98. The van der Waals surface area contributed by atoms with Crippen LogP contribution >= 0.6 is 0 Å². The summed E-state index contributed by atoms with van der Waals surface area (Å²) in [5, 5.41) is 11.3. The molecule has 9 heteroatoms. The fraction of sp³-hybridized carbons (Fsp3) is 0.480. The van der Waals surface area contributed by atoms with Crippen LogP contribution in [0.4, 0.5) is 0 Å². The van der Waals surface area contributed by atoms with Crippen LogP contribution in [0.15, 0.2) is 28.4 Å². The third-order valence-corrected chi connectivity index (χ3v) is 6.27. The van der Waals surface area contributed by atoms with Crippen molar-refractivity contribution in [2.24, 2.45) is 0 Å². The summed E-state index contributed by atoms with van der Waals surface area (Å²) < 4.78 is 10.7. The van der Waals surface area contributed by atoms with Crippen molar-refractivity contribution < 1.29 is 28.6 Å². The number of H-pyrrole nitrogens is 1. The number of furan rings is 1. The topological polar surface area (TPSA) is 116 Å². The van der Waals surface area contributed by atoms with Gasteiger partial charge in [0.05, 0.1) is 18.4 Å².